The van der Waals surface area contributed by atoms with Crippen LogP contribution >= 0.6 is 7.26 Å². The highest BCUT2D eigenvalue weighted by Gasteiger charge is 2.34. The van der Waals surface area contributed by atoms with Crippen LogP contribution in [0.15, 0.2) is 0 Å². The number of unbranched alkanes of at least 4 members (excludes halogenated alkanes) is 7. The van der Waals surface area contributed by atoms with Crippen LogP contribution in [0.4, 0.5) is 0 Å². The molecule has 0 saturated carbocycles. The Labute approximate surface area is 143 Å². The predicted molar refractivity (Wildman–Crippen MR) is 99.9 cm³/mol. The van der Waals surface area contributed by atoms with Crippen LogP contribution in [0.1, 0.15) is 98.3 Å². The van der Waals surface area contributed by atoms with Crippen LogP contribution in [0.5, 0.6) is 0 Å². The molecule has 0 aliphatic heterocycles. The van der Waals surface area contributed by atoms with Gasteiger partial charge in [0.15, 0.2) is 0 Å². The molecule has 0 radical (unpaired) electrons. The first kappa shape index (κ1) is 24.0. The third-order valence-electron chi connectivity index (χ3n) is 4.69. The van der Waals surface area contributed by atoms with Crippen LogP contribution in [0.2, 0.25) is 0 Å². The first-order valence-electron chi connectivity index (χ1n) is 9.59. The Morgan fingerprint density at radius 1 is 0.429 bits per heavy atom. The SMILES string of the molecule is CCCCC[P+](CCCC)(CCCCC)CCCCC.[Cl-]. The van der Waals surface area contributed by atoms with Crippen LogP contribution < -0.4 is 12.4 Å². The first-order valence-corrected chi connectivity index (χ1v) is 12.1. The fourth-order valence-electron chi connectivity index (χ4n) is 3.26. The largest absolute Gasteiger partial charge is 1.00 e. The molecule has 0 N–H and O–H groups in total. The number of rotatable bonds is 15. The Balaban J connectivity index is 0. The number of halogens is 1. The molecule has 130 valence electrons. The third-order valence-corrected chi connectivity index (χ3v) is 9.75. The highest BCUT2D eigenvalue weighted by atomic mass is 35.5. The highest BCUT2D eigenvalue weighted by molar-refractivity contribution is 7.75. The molecule has 0 unspecified atom stereocenters. The average Bonchev–Trinajstić information content (AvgIpc) is 2.46. The minimum atomic E-state index is -0.602. The summed E-state index contributed by atoms with van der Waals surface area (Å²) in [4.78, 5) is 0. The molecule has 0 saturated heterocycles. The molecule has 0 spiro atoms. The van der Waals surface area contributed by atoms with E-state index in [1.54, 1.807) is 24.6 Å². The van der Waals surface area contributed by atoms with Crippen LogP contribution in [0.3, 0.4) is 0 Å². The summed E-state index contributed by atoms with van der Waals surface area (Å²) in [6.07, 6.45) is 22.5. The monoisotopic (exact) mass is 336 g/mol. The zero-order chi connectivity index (χ0) is 15.1. The summed E-state index contributed by atoms with van der Waals surface area (Å²) in [6, 6.07) is 0. The molecular weight excluding hydrogens is 295 g/mol. The summed E-state index contributed by atoms with van der Waals surface area (Å²) < 4.78 is 0. The molecule has 0 amide bonds. The molecule has 0 aromatic rings. The van der Waals surface area contributed by atoms with Gasteiger partial charge in [0.25, 0.3) is 0 Å². The van der Waals surface area contributed by atoms with Crippen molar-refractivity contribution in [3.05, 3.63) is 0 Å². The normalized spacial score (nSPS) is 11.4. The summed E-state index contributed by atoms with van der Waals surface area (Å²) in [5.74, 6) is 0. The lowest BCUT2D eigenvalue weighted by Crippen LogP contribution is -3.00. The summed E-state index contributed by atoms with van der Waals surface area (Å²) in [5, 5.41) is 0. The lowest BCUT2D eigenvalue weighted by atomic mass is 10.3. The Bertz CT molecular complexity index is 167. The summed E-state index contributed by atoms with van der Waals surface area (Å²) in [5.41, 5.74) is 0. The van der Waals surface area contributed by atoms with Gasteiger partial charge in [-0.25, -0.2) is 0 Å². The first-order chi connectivity index (χ1) is 9.74. The van der Waals surface area contributed by atoms with Crippen LogP contribution in [0, 0.1) is 0 Å². The van der Waals surface area contributed by atoms with Crippen molar-refractivity contribution in [3.8, 4) is 0 Å². The van der Waals surface area contributed by atoms with Crippen molar-refractivity contribution < 1.29 is 12.4 Å². The van der Waals surface area contributed by atoms with E-state index in [1.807, 2.05) is 0 Å². The lowest BCUT2D eigenvalue weighted by molar-refractivity contribution is -0.00000470. The molecule has 0 aliphatic carbocycles. The second-order valence-corrected chi connectivity index (χ2v) is 11.2. The van der Waals surface area contributed by atoms with Gasteiger partial charge in [0.2, 0.25) is 0 Å². The molecular formula is C19H42ClP. The van der Waals surface area contributed by atoms with E-state index >= 15 is 0 Å². The van der Waals surface area contributed by atoms with Crippen LogP contribution in [0.25, 0.3) is 0 Å². The van der Waals surface area contributed by atoms with Gasteiger partial charge in [-0.1, -0.05) is 72.6 Å². The highest BCUT2D eigenvalue weighted by Crippen LogP contribution is 2.61. The maximum atomic E-state index is 2.37. The maximum absolute atomic E-state index is 2.37. The third kappa shape index (κ3) is 12.9. The zero-order valence-corrected chi connectivity index (χ0v) is 17.1. The lowest BCUT2D eigenvalue weighted by Gasteiger charge is -2.28. The van der Waals surface area contributed by atoms with E-state index in [2.05, 4.69) is 27.7 Å². The smallest absolute Gasteiger partial charge is 0.0594 e. The van der Waals surface area contributed by atoms with Crippen LogP contribution in [-0.4, -0.2) is 24.6 Å². The summed E-state index contributed by atoms with van der Waals surface area (Å²) >= 11 is 0. The second-order valence-electron chi connectivity index (χ2n) is 6.71. The van der Waals surface area contributed by atoms with Crippen molar-refractivity contribution in [1.29, 1.82) is 0 Å². The maximum Gasteiger partial charge on any atom is 0.0594 e. The molecule has 0 rings (SSSR count). The van der Waals surface area contributed by atoms with Gasteiger partial charge in [0.05, 0.1) is 24.6 Å². The van der Waals surface area contributed by atoms with Gasteiger partial charge in [-0.3, -0.25) is 0 Å². The second kappa shape index (κ2) is 17.1. The molecule has 0 aromatic heterocycles. The van der Waals surface area contributed by atoms with Gasteiger partial charge in [-0.2, -0.15) is 0 Å². The molecule has 0 bridgehead atoms. The van der Waals surface area contributed by atoms with Crippen molar-refractivity contribution in [2.45, 2.75) is 98.3 Å². The average molecular weight is 337 g/mol. The Hall–Kier alpha value is 0.720. The number of hydrogen-bond donors (Lipinski definition) is 0. The predicted octanol–water partition coefficient (Wildman–Crippen LogP) is 4.38. The molecule has 0 aliphatic rings. The standard InChI is InChI=1S/C19H42P.ClH/c1-5-9-13-17-20(16-12-8-4,18-14-10-6-2)19-15-11-7-3;/h5-19H2,1-4H3;1H/q+1;/p-1. The Morgan fingerprint density at radius 2 is 0.714 bits per heavy atom. The molecule has 21 heavy (non-hydrogen) atoms. The van der Waals surface area contributed by atoms with Crippen molar-refractivity contribution in [3.63, 3.8) is 0 Å². The van der Waals surface area contributed by atoms with E-state index < -0.39 is 7.26 Å². The fraction of sp³-hybridized carbons (Fsp3) is 1.00. The van der Waals surface area contributed by atoms with Gasteiger partial charge in [-0.15, -0.1) is 0 Å². The van der Waals surface area contributed by atoms with Crippen molar-refractivity contribution >= 4 is 7.26 Å². The summed E-state index contributed by atoms with van der Waals surface area (Å²) in [6.45, 7) is 9.42. The number of hydrogen-bond acceptors (Lipinski definition) is 0. The zero-order valence-electron chi connectivity index (χ0n) is 15.4. The van der Waals surface area contributed by atoms with Crippen molar-refractivity contribution in [1.82, 2.24) is 0 Å². The van der Waals surface area contributed by atoms with Gasteiger partial charge >= 0.3 is 0 Å². The molecule has 0 atom stereocenters. The van der Waals surface area contributed by atoms with Crippen LogP contribution in [-0.2, 0) is 0 Å². The topological polar surface area (TPSA) is 0 Å². The molecule has 0 aromatic carbocycles. The minimum Gasteiger partial charge on any atom is -1.00 e. The van der Waals surface area contributed by atoms with Gasteiger partial charge in [0, 0.05) is 7.26 Å². The van der Waals surface area contributed by atoms with Gasteiger partial charge in [-0.05, 0) is 25.7 Å². The fourth-order valence-corrected chi connectivity index (χ4v) is 8.27. The van der Waals surface area contributed by atoms with Crippen molar-refractivity contribution in [2.75, 3.05) is 24.6 Å². The van der Waals surface area contributed by atoms with E-state index in [1.165, 1.54) is 70.6 Å². The molecule has 0 fully saturated rings. The Kier molecular flexibility index (Phi) is 19.5. The van der Waals surface area contributed by atoms with Gasteiger partial charge < -0.3 is 12.4 Å². The molecule has 0 nitrogen and oxygen atoms in total. The van der Waals surface area contributed by atoms with E-state index in [9.17, 15) is 0 Å². The minimum absolute atomic E-state index is 0. The molecule has 2 heteroatoms. The van der Waals surface area contributed by atoms with E-state index in [-0.39, 0.29) is 12.4 Å². The quantitative estimate of drug-likeness (QED) is 0.307. The van der Waals surface area contributed by atoms with E-state index in [0.29, 0.717) is 0 Å². The summed E-state index contributed by atoms with van der Waals surface area (Å²) in [7, 11) is -0.602. The Morgan fingerprint density at radius 3 is 1.00 bits per heavy atom. The van der Waals surface area contributed by atoms with Gasteiger partial charge in [0.1, 0.15) is 0 Å². The van der Waals surface area contributed by atoms with E-state index in [4.69, 9.17) is 0 Å². The van der Waals surface area contributed by atoms with Crippen molar-refractivity contribution in [2.24, 2.45) is 0 Å². The molecule has 0 heterocycles. The van der Waals surface area contributed by atoms with E-state index in [0.717, 1.165) is 0 Å².